The molecule has 1 aromatic carbocycles. The van der Waals surface area contributed by atoms with Crippen LogP contribution in [0.25, 0.3) is 6.08 Å². The van der Waals surface area contributed by atoms with Gasteiger partial charge in [-0.1, -0.05) is 12.2 Å². The zero-order valence-electron chi connectivity index (χ0n) is 9.82. The van der Waals surface area contributed by atoms with Gasteiger partial charge >= 0.3 is 0 Å². The summed E-state index contributed by atoms with van der Waals surface area (Å²) >= 11 is 1.63. The van der Waals surface area contributed by atoms with Crippen molar-refractivity contribution < 1.29 is 9.47 Å². The van der Waals surface area contributed by atoms with E-state index in [9.17, 15) is 0 Å². The predicted molar refractivity (Wildman–Crippen MR) is 69.4 cm³/mol. The summed E-state index contributed by atoms with van der Waals surface area (Å²) in [4.78, 5) is 1.06. The number of thioether (sulfide) groups is 1. The Labute approximate surface area is 101 Å². The highest BCUT2D eigenvalue weighted by atomic mass is 32.2. The third kappa shape index (κ3) is 2.93. The molecular formula is C12H17NO2S. The standard InChI is InChI=1S/C12H17NO2S/c1-14-10-8-12(16-3)11(15-2)7-9(10)5-4-6-13/h4-5,7-8H,6,13H2,1-3H3/b5-4+. The number of nitrogens with two attached hydrogens (primary N) is 1. The van der Waals surface area contributed by atoms with Crippen molar-refractivity contribution in [1.82, 2.24) is 0 Å². The van der Waals surface area contributed by atoms with E-state index in [0.29, 0.717) is 6.54 Å². The van der Waals surface area contributed by atoms with E-state index in [1.54, 1.807) is 26.0 Å². The van der Waals surface area contributed by atoms with Crippen LogP contribution in [0.2, 0.25) is 0 Å². The minimum Gasteiger partial charge on any atom is -0.496 e. The summed E-state index contributed by atoms with van der Waals surface area (Å²) in [5, 5.41) is 0. The van der Waals surface area contributed by atoms with Crippen molar-refractivity contribution in [2.45, 2.75) is 4.90 Å². The third-order valence-electron chi connectivity index (χ3n) is 2.17. The molecule has 4 heteroatoms. The molecule has 0 atom stereocenters. The maximum atomic E-state index is 5.43. The molecule has 0 spiro atoms. The van der Waals surface area contributed by atoms with Gasteiger partial charge in [-0.15, -0.1) is 11.8 Å². The van der Waals surface area contributed by atoms with Crippen LogP contribution < -0.4 is 15.2 Å². The van der Waals surface area contributed by atoms with Gasteiger partial charge in [-0.05, 0) is 18.4 Å². The molecule has 0 aliphatic carbocycles. The zero-order valence-corrected chi connectivity index (χ0v) is 10.6. The molecule has 0 unspecified atom stereocenters. The molecule has 0 bridgehead atoms. The monoisotopic (exact) mass is 239 g/mol. The Hall–Kier alpha value is -1.13. The second-order valence-electron chi connectivity index (χ2n) is 3.09. The molecule has 0 fully saturated rings. The van der Waals surface area contributed by atoms with Gasteiger partial charge in [0, 0.05) is 12.1 Å². The van der Waals surface area contributed by atoms with Gasteiger partial charge in [0.05, 0.1) is 19.1 Å². The number of ether oxygens (including phenoxy) is 2. The van der Waals surface area contributed by atoms with Crippen molar-refractivity contribution in [3.63, 3.8) is 0 Å². The molecule has 0 saturated heterocycles. The van der Waals surface area contributed by atoms with Crippen LogP contribution in [0.5, 0.6) is 11.5 Å². The lowest BCUT2D eigenvalue weighted by Gasteiger charge is -2.11. The van der Waals surface area contributed by atoms with Crippen molar-refractivity contribution in [2.75, 3.05) is 27.0 Å². The second kappa shape index (κ2) is 6.45. The fourth-order valence-corrected chi connectivity index (χ4v) is 1.95. The molecule has 16 heavy (non-hydrogen) atoms. The summed E-state index contributed by atoms with van der Waals surface area (Å²) in [6, 6.07) is 3.93. The molecule has 0 saturated carbocycles. The van der Waals surface area contributed by atoms with Gasteiger partial charge in [0.2, 0.25) is 0 Å². The highest BCUT2D eigenvalue weighted by Crippen LogP contribution is 2.34. The number of rotatable bonds is 5. The largest absolute Gasteiger partial charge is 0.496 e. The van der Waals surface area contributed by atoms with Gasteiger partial charge < -0.3 is 15.2 Å². The highest BCUT2D eigenvalue weighted by molar-refractivity contribution is 7.98. The van der Waals surface area contributed by atoms with E-state index < -0.39 is 0 Å². The van der Waals surface area contributed by atoms with Crippen LogP contribution in [0.3, 0.4) is 0 Å². The van der Waals surface area contributed by atoms with Crippen molar-refractivity contribution >= 4 is 17.8 Å². The van der Waals surface area contributed by atoms with Crippen LogP contribution in [-0.2, 0) is 0 Å². The first-order chi connectivity index (χ1) is 7.76. The Morgan fingerprint density at radius 2 is 1.94 bits per heavy atom. The Morgan fingerprint density at radius 1 is 1.25 bits per heavy atom. The van der Waals surface area contributed by atoms with Gasteiger partial charge in [0.25, 0.3) is 0 Å². The third-order valence-corrected chi connectivity index (χ3v) is 2.93. The highest BCUT2D eigenvalue weighted by Gasteiger charge is 2.08. The summed E-state index contributed by atoms with van der Waals surface area (Å²) in [5.41, 5.74) is 6.41. The van der Waals surface area contributed by atoms with Crippen LogP contribution >= 0.6 is 11.8 Å². The van der Waals surface area contributed by atoms with E-state index in [4.69, 9.17) is 15.2 Å². The average molecular weight is 239 g/mol. The lowest BCUT2D eigenvalue weighted by molar-refractivity contribution is 0.393. The van der Waals surface area contributed by atoms with Crippen LogP contribution in [0.1, 0.15) is 5.56 Å². The lowest BCUT2D eigenvalue weighted by Crippen LogP contribution is -1.94. The molecule has 0 aliphatic heterocycles. The van der Waals surface area contributed by atoms with Crippen molar-refractivity contribution in [3.05, 3.63) is 23.8 Å². The molecule has 0 heterocycles. The Balaban J connectivity index is 3.20. The van der Waals surface area contributed by atoms with Gasteiger partial charge in [-0.3, -0.25) is 0 Å². The fraction of sp³-hybridized carbons (Fsp3) is 0.333. The quantitative estimate of drug-likeness (QED) is 0.801. The normalized spacial score (nSPS) is 10.8. The zero-order chi connectivity index (χ0) is 12.0. The summed E-state index contributed by atoms with van der Waals surface area (Å²) in [5.74, 6) is 1.68. The summed E-state index contributed by atoms with van der Waals surface area (Å²) in [6.07, 6.45) is 5.83. The fourth-order valence-electron chi connectivity index (χ4n) is 1.38. The van der Waals surface area contributed by atoms with Gasteiger partial charge in [0.15, 0.2) is 0 Å². The minimum absolute atomic E-state index is 0.510. The summed E-state index contributed by atoms with van der Waals surface area (Å²) in [7, 11) is 3.32. The number of methoxy groups -OCH3 is 2. The Morgan fingerprint density at radius 3 is 2.44 bits per heavy atom. The maximum Gasteiger partial charge on any atom is 0.133 e. The first-order valence-electron chi connectivity index (χ1n) is 4.93. The van der Waals surface area contributed by atoms with Crippen molar-refractivity contribution in [3.8, 4) is 11.5 Å². The molecular weight excluding hydrogens is 222 g/mol. The summed E-state index contributed by atoms with van der Waals surface area (Å²) < 4.78 is 10.6. The molecule has 3 nitrogen and oxygen atoms in total. The van der Waals surface area contributed by atoms with E-state index in [2.05, 4.69) is 0 Å². The summed E-state index contributed by atoms with van der Waals surface area (Å²) in [6.45, 7) is 0.510. The van der Waals surface area contributed by atoms with E-state index >= 15 is 0 Å². The molecule has 0 radical (unpaired) electrons. The number of benzene rings is 1. The van der Waals surface area contributed by atoms with Gasteiger partial charge in [-0.25, -0.2) is 0 Å². The minimum atomic E-state index is 0.510. The van der Waals surface area contributed by atoms with Crippen molar-refractivity contribution in [2.24, 2.45) is 5.73 Å². The first-order valence-corrected chi connectivity index (χ1v) is 6.16. The molecule has 0 aromatic heterocycles. The Kier molecular flexibility index (Phi) is 5.22. The predicted octanol–water partition coefficient (Wildman–Crippen LogP) is 2.40. The van der Waals surface area contributed by atoms with Gasteiger partial charge in [0.1, 0.15) is 11.5 Å². The van der Waals surface area contributed by atoms with Crippen LogP contribution in [0, 0.1) is 0 Å². The van der Waals surface area contributed by atoms with E-state index in [-0.39, 0.29) is 0 Å². The Bertz CT molecular complexity index is 378. The molecule has 88 valence electrons. The molecule has 0 amide bonds. The number of hydrogen-bond acceptors (Lipinski definition) is 4. The topological polar surface area (TPSA) is 44.5 Å². The molecule has 2 N–H and O–H groups in total. The number of hydrogen-bond donors (Lipinski definition) is 1. The SMILES string of the molecule is COc1cc(SC)c(OC)cc1/C=C/CN. The molecule has 0 aliphatic rings. The van der Waals surface area contributed by atoms with Gasteiger partial charge in [-0.2, -0.15) is 0 Å². The first kappa shape index (κ1) is 12.9. The smallest absolute Gasteiger partial charge is 0.133 e. The van der Waals surface area contributed by atoms with E-state index in [1.165, 1.54) is 0 Å². The maximum absolute atomic E-state index is 5.43. The lowest BCUT2D eigenvalue weighted by atomic mass is 10.1. The second-order valence-corrected chi connectivity index (χ2v) is 3.94. The van der Waals surface area contributed by atoms with E-state index in [1.807, 2.05) is 30.5 Å². The van der Waals surface area contributed by atoms with E-state index in [0.717, 1.165) is 22.0 Å². The molecule has 1 aromatic rings. The van der Waals surface area contributed by atoms with Crippen LogP contribution in [-0.4, -0.2) is 27.0 Å². The van der Waals surface area contributed by atoms with Crippen LogP contribution in [0.15, 0.2) is 23.1 Å². The molecule has 1 rings (SSSR count). The average Bonchev–Trinajstić information content (AvgIpc) is 2.35. The van der Waals surface area contributed by atoms with Crippen molar-refractivity contribution in [1.29, 1.82) is 0 Å². The van der Waals surface area contributed by atoms with Crippen LogP contribution in [0.4, 0.5) is 0 Å².